The van der Waals surface area contributed by atoms with Crippen LogP contribution in [0.2, 0.25) is 5.02 Å². The van der Waals surface area contributed by atoms with E-state index < -0.39 is 16.7 Å². The van der Waals surface area contributed by atoms with E-state index in [0.29, 0.717) is 11.1 Å². The predicted octanol–water partition coefficient (Wildman–Crippen LogP) is 6.80. The van der Waals surface area contributed by atoms with Crippen LogP contribution in [-0.2, 0) is 6.42 Å². The molecule has 0 bridgehead atoms. The standard InChI is InChI=1S/C24H17ClF2/c1-2-3-4-17-5-7-18(8-6-17)9-10-19-11-13-20(14-12-19)21-15-22(26)24(25)23(27)16-21/h2,5-8,11-16H,1,3-4H2. The molecule has 0 aliphatic heterocycles. The molecule has 0 unspecified atom stereocenters. The molecule has 3 rings (SSSR count). The number of benzene rings is 3. The minimum absolute atomic E-state index is 0.434. The van der Waals surface area contributed by atoms with Crippen LogP contribution in [0, 0.1) is 23.5 Å². The Labute approximate surface area is 163 Å². The number of rotatable bonds is 4. The fourth-order valence-corrected chi connectivity index (χ4v) is 2.75. The van der Waals surface area contributed by atoms with E-state index in [2.05, 4.69) is 30.6 Å². The summed E-state index contributed by atoms with van der Waals surface area (Å²) in [5.41, 5.74) is 4.14. The van der Waals surface area contributed by atoms with Crippen molar-refractivity contribution in [2.24, 2.45) is 0 Å². The Morgan fingerprint density at radius 1 is 0.815 bits per heavy atom. The van der Waals surface area contributed by atoms with E-state index >= 15 is 0 Å². The average molecular weight is 379 g/mol. The van der Waals surface area contributed by atoms with Gasteiger partial charge in [0.25, 0.3) is 0 Å². The number of hydrogen-bond acceptors (Lipinski definition) is 0. The van der Waals surface area contributed by atoms with Gasteiger partial charge >= 0.3 is 0 Å². The summed E-state index contributed by atoms with van der Waals surface area (Å²) in [6.45, 7) is 3.73. The van der Waals surface area contributed by atoms with Crippen molar-refractivity contribution in [3.8, 4) is 23.0 Å². The smallest absolute Gasteiger partial charge is 0.145 e. The van der Waals surface area contributed by atoms with Crippen LogP contribution in [0.25, 0.3) is 11.1 Å². The minimum Gasteiger partial charge on any atom is -0.205 e. The zero-order chi connectivity index (χ0) is 19.2. The summed E-state index contributed by atoms with van der Waals surface area (Å²) in [7, 11) is 0. The fourth-order valence-electron chi connectivity index (χ4n) is 2.64. The van der Waals surface area contributed by atoms with Gasteiger partial charge in [-0.1, -0.05) is 53.8 Å². The second-order valence-electron chi connectivity index (χ2n) is 6.11. The van der Waals surface area contributed by atoms with Crippen LogP contribution in [0.4, 0.5) is 8.78 Å². The van der Waals surface area contributed by atoms with E-state index in [1.54, 1.807) is 12.1 Å². The maximum absolute atomic E-state index is 13.6. The highest BCUT2D eigenvalue weighted by Gasteiger charge is 2.09. The minimum atomic E-state index is -0.771. The van der Waals surface area contributed by atoms with Crippen molar-refractivity contribution in [1.82, 2.24) is 0 Å². The summed E-state index contributed by atoms with van der Waals surface area (Å²) >= 11 is 5.52. The molecule has 0 radical (unpaired) electrons. The van der Waals surface area contributed by atoms with Crippen LogP contribution in [0.3, 0.4) is 0 Å². The van der Waals surface area contributed by atoms with Gasteiger partial charge in [-0.3, -0.25) is 0 Å². The average Bonchev–Trinajstić information content (AvgIpc) is 2.69. The van der Waals surface area contributed by atoms with Crippen LogP contribution < -0.4 is 0 Å². The normalized spacial score (nSPS) is 10.2. The van der Waals surface area contributed by atoms with Gasteiger partial charge in [-0.15, -0.1) is 6.58 Å². The molecule has 0 spiro atoms. The molecule has 0 nitrogen and oxygen atoms in total. The van der Waals surface area contributed by atoms with Crippen molar-refractivity contribution in [2.45, 2.75) is 12.8 Å². The summed E-state index contributed by atoms with van der Waals surface area (Å²) in [4.78, 5) is 0. The topological polar surface area (TPSA) is 0 Å². The first-order chi connectivity index (χ1) is 13.1. The Morgan fingerprint density at radius 3 is 1.85 bits per heavy atom. The van der Waals surface area contributed by atoms with Crippen molar-refractivity contribution < 1.29 is 8.78 Å². The van der Waals surface area contributed by atoms with E-state index in [4.69, 9.17) is 11.6 Å². The molecule has 0 saturated carbocycles. The first-order valence-electron chi connectivity index (χ1n) is 8.53. The molecular weight excluding hydrogens is 362 g/mol. The molecule has 134 valence electrons. The van der Waals surface area contributed by atoms with E-state index in [0.717, 1.165) is 24.0 Å². The lowest BCUT2D eigenvalue weighted by Gasteiger charge is -2.04. The summed E-state index contributed by atoms with van der Waals surface area (Å²) in [5.74, 6) is 4.68. The van der Waals surface area contributed by atoms with Crippen LogP contribution in [0.15, 0.2) is 73.3 Å². The maximum Gasteiger partial charge on any atom is 0.145 e. The predicted molar refractivity (Wildman–Crippen MR) is 108 cm³/mol. The second kappa shape index (κ2) is 8.66. The summed E-state index contributed by atoms with van der Waals surface area (Å²) < 4.78 is 27.2. The molecule has 0 fully saturated rings. The zero-order valence-electron chi connectivity index (χ0n) is 14.6. The third kappa shape index (κ3) is 4.84. The molecule has 0 aliphatic carbocycles. The van der Waals surface area contributed by atoms with E-state index in [1.165, 1.54) is 17.7 Å². The van der Waals surface area contributed by atoms with Gasteiger partial charge in [0.2, 0.25) is 0 Å². The Bertz CT molecular complexity index is 984. The molecule has 0 heterocycles. The fraction of sp³-hybridized carbons (Fsp3) is 0.0833. The van der Waals surface area contributed by atoms with Crippen LogP contribution in [0.5, 0.6) is 0 Å². The molecule has 0 saturated heterocycles. The molecule has 0 N–H and O–H groups in total. The van der Waals surface area contributed by atoms with E-state index in [1.807, 2.05) is 30.3 Å². The van der Waals surface area contributed by atoms with Gasteiger partial charge in [0, 0.05) is 11.1 Å². The Morgan fingerprint density at radius 2 is 1.33 bits per heavy atom. The quantitative estimate of drug-likeness (QED) is 0.266. The summed E-state index contributed by atoms with van der Waals surface area (Å²) in [5, 5.41) is -0.489. The zero-order valence-corrected chi connectivity index (χ0v) is 15.4. The second-order valence-corrected chi connectivity index (χ2v) is 6.48. The largest absolute Gasteiger partial charge is 0.205 e. The van der Waals surface area contributed by atoms with Crippen molar-refractivity contribution in [1.29, 1.82) is 0 Å². The van der Waals surface area contributed by atoms with Gasteiger partial charge in [-0.05, 0) is 65.9 Å². The van der Waals surface area contributed by atoms with Gasteiger partial charge < -0.3 is 0 Å². The van der Waals surface area contributed by atoms with Crippen molar-refractivity contribution in [3.05, 3.63) is 107 Å². The van der Waals surface area contributed by atoms with Crippen LogP contribution >= 0.6 is 11.6 Å². The first kappa shape index (κ1) is 18.9. The highest BCUT2D eigenvalue weighted by atomic mass is 35.5. The third-order valence-electron chi connectivity index (χ3n) is 4.14. The molecule has 3 aromatic rings. The molecule has 0 aromatic heterocycles. The highest BCUT2D eigenvalue weighted by molar-refractivity contribution is 6.31. The molecule has 0 aliphatic rings. The van der Waals surface area contributed by atoms with Crippen LogP contribution in [0.1, 0.15) is 23.1 Å². The van der Waals surface area contributed by atoms with E-state index in [-0.39, 0.29) is 0 Å². The van der Waals surface area contributed by atoms with E-state index in [9.17, 15) is 8.78 Å². The molecule has 27 heavy (non-hydrogen) atoms. The SMILES string of the molecule is C=CCCc1ccc(C#Cc2ccc(-c3cc(F)c(Cl)c(F)c3)cc2)cc1. The number of aryl methyl sites for hydroxylation is 1. The first-order valence-corrected chi connectivity index (χ1v) is 8.91. The van der Waals surface area contributed by atoms with Gasteiger partial charge in [0.15, 0.2) is 0 Å². The Kier molecular flexibility index (Phi) is 6.06. The molecular formula is C24H17ClF2. The lowest BCUT2D eigenvalue weighted by atomic mass is 10.0. The lowest BCUT2D eigenvalue weighted by Crippen LogP contribution is -1.87. The van der Waals surface area contributed by atoms with Gasteiger partial charge in [-0.25, -0.2) is 8.78 Å². The third-order valence-corrected chi connectivity index (χ3v) is 4.51. The van der Waals surface area contributed by atoms with Gasteiger partial charge in [0.05, 0.1) is 0 Å². The molecule has 3 aromatic carbocycles. The summed E-state index contributed by atoms with van der Waals surface area (Å²) in [6.07, 6.45) is 3.84. The lowest BCUT2D eigenvalue weighted by molar-refractivity contribution is 0.585. The van der Waals surface area contributed by atoms with Gasteiger partial charge in [0.1, 0.15) is 16.7 Å². The monoisotopic (exact) mass is 378 g/mol. The van der Waals surface area contributed by atoms with Gasteiger partial charge in [-0.2, -0.15) is 0 Å². The Hall–Kier alpha value is -2.89. The Balaban J connectivity index is 1.75. The highest BCUT2D eigenvalue weighted by Crippen LogP contribution is 2.27. The van der Waals surface area contributed by atoms with Crippen molar-refractivity contribution in [3.63, 3.8) is 0 Å². The van der Waals surface area contributed by atoms with Crippen LogP contribution in [-0.4, -0.2) is 0 Å². The molecule has 0 amide bonds. The number of halogens is 3. The maximum atomic E-state index is 13.6. The van der Waals surface area contributed by atoms with Crippen molar-refractivity contribution >= 4 is 11.6 Å². The number of allylic oxidation sites excluding steroid dienone is 1. The summed E-state index contributed by atoms with van der Waals surface area (Å²) in [6, 6.07) is 17.8. The van der Waals surface area contributed by atoms with Crippen molar-refractivity contribution in [2.75, 3.05) is 0 Å². The molecule has 3 heteroatoms. The molecule has 0 atom stereocenters. The number of hydrogen-bond donors (Lipinski definition) is 0.